The molecule has 2 fully saturated rings. The summed E-state index contributed by atoms with van der Waals surface area (Å²) in [5, 5.41) is 20.8. The molecule has 8 nitrogen and oxygen atoms in total. The first-order valence-corrected chi connectivity index (χ1v) is 9.17. The van der Waals surface area contributed by atoms with E-state index in [1.54, 1.807) is 6.07 Å². The second kappa shape index (κ2) is 6.68. The van der Waals surface area contributed by atoms with Crippen molar-refractivity contribution in [1.82, 2.24) is 25.1 Å². The molecule has 0 saturated heterocycles. The Kier molecular flexibility index (Phi) is 4.36. The molecule has 2 aromatic heterocycles. The smallest absolute Gasteiger partial charge is 0.251 e. The van der Waals surface area contributed by atoms with Crippen molar-refractivity contribution in [2.24, 2.45) is 0 Å². The van der Waals surface area contributed by atoms with Gasteiger partial charge in [-0.3, -0.25) is 9.59 Å². The summed E-state index contributed by atoms with van der Waals surface area (Å²) in [6.45, 7) is 1.83. The highest BCUT2D eigenvalue weighted by Gasteiger charge is 2.38. The summed E-state index contributed by atoms with van der Waals surface area (Å²) < 4.78 is 2.08. The van der Waals surface area contributed by atoms with Gasteiger partial charge in [-0.25, -0.2) is 0 Å². The van der Waals surface area contributed by atoms with E-state index in [0.717, 1.165) is 37.2 Å². The van der Waals surface area contributed by atoms with Gasteiger partial charge in [0.1, 0.15) is 12.4 Å². The van der Waals surface area contributed by atoms with E-state index >= 15 is 0 Å². The van der Waals surface area contributed by atoms with Crippen LogP contribution in [0.3, 0.4) is 0 Å². The van der Waals surface area contributed by atoms with E-state index in [1.165, 1.54) is 6.07 Å². The van der Waals surface area contributed by atoms with Crippen molar-refractivity contribution in [1.29, 1.82) is 0 Å². The van der Waals surface area contributed by atoms with E-state index in [1.807, 2.05) is 6.92 Å². The van der Waals surface area contributed by atoms with Crippen LogP contribution in [0, 0.1) is 0 Å². The molecule has 26 heavy (non-hydrogen) atoms. The predicted octanol–water partition coefficient (Wildman–Crippen LogP) is 1.03. The van der Waals surface area contributed by atoms with E-state index in [0.29, 0.717) is 23.9 Å². The van der Waals surface area contributed by atoms with Crippen LogP contribution in [0.4, 0.5) is 0 Å². The summed E-state index contributed by atoms with van der Waals surface area (Å²) in [6.07, 6.45) is 4.48. The molecule has 0 unspecified atom stereocenters. The van der Waals surface area contributed by atoms with Crippen LogP contribution in [0.2, 0.25) is 0 Å². The first-order chi connectivity index (χ1) is 12.6. The van der Waals surface area contributed by atoms with Crippen LogP contribution in [0.15, 0.2) is 16.9 Å². The van der Waals surface area contributed by atoms with Gasteiger partial charge in [-0.05, 0) is 38.2 Å². The van der Waals surface area contributed by atoms with E-state index in [2.05, 4.69) is 25.1 Å². The fourth-order valence-corrected chi connectivity index (χ4v) is 3.59. The van der Waals surface area contributed by atoms with E-state index in [4.69, 9.17) is 0 Å². The average Bonchev–Trinajstić information content (AvgIpc) is 3.36. The summed E-state index contributed by atoms with van der Waals surface area (Å²) in [5.74, 6) is 1.59. The summed E-state index contributed by atoms with van der Waals surface area (Å²) in [6, 6.07) is 3.55. The highest BCUT2D eigenvalue weighted by Crippen LogP contribution is 2.42. The van der Waals surface area contributed by atoms with Gasteiger partial charge in [0.05, 0.1) is 0 Å². The largest absolute Gasteiger partial charge is 0.388 e. The molecule has 0 bridgehead atoms. The van der Waals surface area contributed by atoms with Gasteiger partial charge in [0.15, 0.2) is 5.82 Å². The maximum Gasteiger partial charge on any atom is 0.251 e. The maximum absolute atomic E-state index is 12.4. The molecule has 3 N–H and O–H groups in total. The molecule has 0 spiro atoms. The first kappa shape index (κ1) is 17.0. The molecule has 2 aromatic rings. The van der Waals surface area contributed by atoms with Crippen LogP contribution in [0.1, 0.15) is 72.3 Å². The molecule has 0 radical (unpaired) electrons. The fraction of sp³-hybridized carbons (Fsp3) is 0.556. The minimum atomic E-state index is -0.255. The molecule has 0 atom stereocenters. The van der Waals surface area contributed by atoms with Crippen molar-refractivity contribution in [3.63, 3.8) is 0 Å². The zero-order chi connectivity index (χ0) is 18.3. The van der Waals surface area contributed by atoms with Gasteiger partial charge in [-0.15, -0.1) is 10.2 Å². The zero-order valence-corrected chi connectivity index (χ0v) is 14.7. The molecule has 2 aliphatic carbocycles. The zero-order valence-electron chi connectivity index (χ0n) is 14.7. The lowest BCUT2D eigenvalue weighted by Crippen LogP contribution is -2.44. The molecule has 0 aliphatic heterocycles. The molecule has 138 valence electrons. The number of hydrogen-bond acceptors (Lipinski definition) is 5. The lowest BCUT2D eigenvalue weighted by molar-refractivity contribution is 0.0906. The number of rotatable bonds is 6. The third-order valence-corrected chi connectivity index (χ3v) is 5.23. The molecule has 0 aromatic carbocycles. The summed E-state index contributed by atoms with van der Waals surface area (Å²) in [7, 11) is 0. The third-order valence-electron chi connectivity index (χ3n) is 5.23. The highest BCUT2D eigenvalue weighted by atomic mass is 16.3. The number of hydrogen-bond donors (Lipinski definition) is 3. The van der Waals surface area contributed by atoms with Crippen molar-refractivity contribution in [3.8, 4) is 0 Å². The molecule has 1 amide bonds. The average molecular weight is 357 g/mol. The molecule has 2 saturated carbocycles. The Bertz CT molecular complexity index is 877. The maximum atomic E-state index is 12.4. The van der Waals surface area contributed by atoms with Gasteiger partial charge in [0, 0.05) is 35.3 Å². The van der Waals surface area contributed by atoms with Crippen molar-refractivity contribution >= 4 is 5.91 Å². The number of amides is 1. The Balaban J connectivity index is 1.40. The van der Waals surface area contributed by atoms with Gasteiger partial charge in [0.25, 0.3) is 5.91 Å². The topological polar surface area (TPSA) is 113 Å². The summed E-state index contributed by atoms with van der Waals surface area (Å²) >= 11 is 0. The van der Waals surface area contributed by atoms with Crippen LogP contribution >= 0.6 is 0 Å². The Labute approximate surface area is 150 Å². The number of carbonyl (C=O) groups is 1. The summed E-state index contributed by atoms with van der Waals surface area (Å²) in [4.78, 5) is 26.8. The molecule has 8 heteroatoms. The van der Waals surface area contributed by atoms with Gasteiger partial charge in [-0.2, -0.15) is 0 Å². The molecular formula is C18H23N5O3. The lowest BCUT2D eigenvalue weighted by Gasteiger charge is -2.35. The normalized spacial score (nSPS) is 22.1. The van der Waals surface area contributed by atoms with Gasteiger partial charge < -0.3 is 20.0 Å². The molecule has 2 heterocycles. The SMILES string of the molecule is CCc1cc(C(=O)NC2CC(c3nnc(CO)n3C3CC3)C2)cc(=O)[nH]1. The number of aromatic nitrogens is 4. The first-order valence-electron chi connectivity index (χ1n) is 9.17. The van der Waals surface area contributed by atoms with Crippen LogP contribution in [0.25, 0.3) is 0 Å². The van der Waals surface area contributed by atoms with Crippen molar-refractivity contribution in [2.75, 3.05) is 0 Å². The van der Waals surface area contributed by atoms with Crippen molar-refractivity contribution in [2.45, 2.75) is 63.6 Å². The number of carbonyl (C=O) groups excluding carboxylic acids is 1. The van der Waals surface area contributed by atoms with Crippen LogP contribution in [-0.2, 0) is 13.0 Å². The van der Waals surface area contributed by atoms with E-state index in [-0.39, 0.29) is 30.0 Å². The minimum absolute atomic E-state index is 0.0683. The Morgan fingerprint density at radius 3 is 2.77 bits per heavy atom. The Hall–Kier alpha value is -2.48. The van der Waals surface area contributed by atoms with Crippen LogP contribution < -0.4 is 10.9 Å². The second-order valence-corrected chi connectivity index (χ2v) is 7.18. The fourth-order valence-electron chi connectivity index (χ4n) is 3.59. The Morgan fingerprint density at radius 2 is 2.12 bits per heavy atom. The minimum Gasteiger partial charge on any atom is -0.388 e. The number of aliphatic hydroxyl groups is 1. The molecule has 4 rings (SSSR count). The summed E-state index contributed by atoms with van der Waals surface area (Å²) in [5.41, 5.74) is 0.899. The van der Waals surface area contributed by atoms with E-state index < -0.39 is 0 Å². The number of H-pyrrole nitrogens is 1. The van der Waals surface area contributed by atoms with Crippen LogP contribution in [-0.4, -0.2) is 36.8 Å². The standard InChI is InChI=1S/C18H23N5O3/c1-2-12-7-11(8-16(25)19-12)18(26)20-13-5-10(6-13)17-22-21-15(9-24)23(17)14-3-4-14/h7-8,10,13-14,24H,2-6,9H2,1H3,(H,19,25)(H,20,26). The Morgan fingerprint density at radius 1 is 1.35 bits per heavy atom. The molecular weight excluding hydrogens is 334 g/mol. The van der Waals surface area contributed by atoms with Gasteiger partial charge >= 0.3 is 0 Å². The highest BCUT2D eigenvalue weighted by molar-refractivity contribution is 5.94. The second-order valence-electron chi connectivity index (χ2n) is 7.18. The number of pyridine rings is 1. The quantitative estimate of drug-likeness (QED) is 0.715. The number of aliphatic hydroxyl groups excluding tert-OH is 1. The van der Waals surface area contributed by atoms with Crippen molar-refractivity contribution < 1.29 is 9.90 Å². The third kappa shape index (κ3) is 3.16. The van der Waals surface area contributed by atoms with Crippen molar-refractivity contribution in [3.05, 3.63) is 45.4 Å². The monoisotopic (exact) mass is 357 g/mol. The number of nitrogens with zero attached hydrogens (tertiary/aromatic N) is 3. The molecule has 2 aliphatic rings. The number of nitrogens with one attached hydrogen (secondary N) is 2. The van der Waals surface area contributed by atoms with Crippen LogP contribution in [0.5, 0.6) is 0 Å². The number of aromatic amines is 1. The van der Waals surface area contributed by atoms with Gasteiger partial charge in [0.2, 0.25) is 5.56 Å². The van der Waals surface area contributed by atoms with E-state index in [9.17, 15) is 14.7 Å². The lowest BCUT2D eigenvalue weighted by atomic mass is 9.79. The predicted molar refractivity (Wildman–Crippen MR) is 93.9 cm³/mol. The number of aryl methyl sites for hydroxylation is 1. The van der Waals surface area contributed by atoms with Gasteiger partial charge in [-0.1, -0.05) is 6.92 Å².